The molecule has 0 amide bonds. The molecule has 1 heterocycles. The molecule has 68 valence electrons. The maximum absolute atomic E-state index is 11.0. The summed E-state index contributed by atoms with van der Waals surface area (Å²) in [4.78, 5) is 11.0. The van der Waals surface area contributed by atoms with E-state index in [-0.39, 0.29) is 18.3 Å². The van der Waals surface area contributed by atoms with E-state index in [0.717, 1.165) is 0 Å². The molecule has 0 fully saturated rings. The first-order valence-corrected chi connectivity index (χ1v) is 3.82. The van der Waals surface area contributed by atoms with Gasteiger partial charge in [-0.3, -0.25) is 4.79 Å². The third-order valence-electron chi connectivity index (χ3n) is 1.86. The number of aromatic hydroxyl groups is 1. The summed E-state index contributed by atoms with van der Waals surface area (Å²) in [5.41, 5.74) is 0.418. The van der Waals surface area contributed by atoms with Crippen molar-refractivity contribution in [3.05, 3.63) is 17.7 Å². The van der Waals surface area contributed by atoms with Crippen molar-refractivity contribution in [1.82, 2.24) is 0 Å². The second kappa shape index (κ2) is 2.65. The monoisotopic (exact) mass is 180 g/mol. The zero-order valence-corrected chi connectivity index (χ0v) is 7.03. The average Bonchev–Trinajstić information content (AvgIpc) is 2.51. The Hall–Kier alpha value is -1.71. The Kier molecular flexibility index (Phi) is 1.62. The molecule has 0 aliphatic carbocycles. The van der Waals surface area contributed by atoms with Crippen LogP contribution < -0.4 is 9.47 Å². The molecule has 1 N–H and O–H groups in total. The van der Waals surface area contributed by atoms with Crippen molar-refractivity contribution in [1.29, 1.82) is 0 Å². The lowest BCUT2D eigenvalue weighted by Crippen LogP contribution is -1.93. The fraction of sp³-hybridized carbons (Fsp3) is 0.222. The molecule has 0 spiro atoms. The van der Waals surface area contributed by atoms with Crippen LogP contribution in [-0.2, 0) is 0 Å². The molecule has 4 heteroatoms. The first kappa shape index (κ1) is 7.91. The molecule has 0 radical (unpaired) electrons. The minimum atomic E-state index is -0.117. The fourth-order valence-corrected chi connectivity index (χ4v) is 1.19. The topological polar surface area (TPSA) is 55.8 Å². The van der Waals surface area contributed by atoms with Gasteiger partial charge in [-0.2, -0.15) is 0 Å². The van der Waals surface area contributed by atoms with Crippen molar-refractivity contribution in [2.24, 2.45) is 0 Å². The van der Waals surface area contributed by atoms with Gasteiger partial charge < -0.3 is 14.6 Å². The normalized spacial score (nSPS) is 13.0. The Labute approximate surface area is 74.7 Å². The molecule has 0 aromatic heterocycles. The molecule has 0 saturated heterocycles. The minimum Gasteiger partial charge on any atom is -0.504 e. The van der Waals surface area contributed by atoms with Gasteiger partial charge in [0.1, 0.15) is 0 Å². The van der Waals surface area contributed by atoms with Gasteiger partial charge in [0.15, 0.2) is 17.3 Å². The van der Waals surface area contributed by atoms with Crippen molar-refractivity contribution in [3.8, 4) is 17.2 Å². The molecule has 2 rings (SSSR count). The van der Waals surface area contributed by atoms with E-state index in [2.05, 4.69) is 0 Å². The van der Waals surface area contributed by atoms with Crippen LogP contribution in [0.1, 0.15) is 17.3 Å². The molecule has 1 aliphatic rings. The fourth-order valence-electron chi connectivity index (χ4n) is 1.19. The van der Waals surface area contributed by atoms with E-state index in [1.54, 1.807) is 6.07 Å². The quantitative estimate of drug-likeness (QED) is 0.662. The highest BCUT2D eigenvalue weighted by Gasteiger charge is 2.19. The number of phenolic OH excluding ortho intramolecular Hbond substituents is 1. The predicted octanol–water partition coefficient (Wildman–Crippen LogP) is 1.32. The van der Waals surface area contributed by atoms with Crippen LogP contribution in [0.3, 0.4) is 0 Å². The summed E-state index contributed by atoms with van der Waals surface area (Å²) in [5, 5.41) is 9.40. The molecule has 1 aromatic carbocycles. The number of fused-ring (bicyclic) bond motifs is 1. The molecular weight excluding hydrogens is 172 g/mol. The average molecular weight is 180 g/mol. The highest BCUT2D eigenvalue weighted by molar-refractivity contribution is 5.95. The summed E-state index contributed by atoms with van der Waals surface area (Å²) >= 11 is 0. The predicted molar refractivity (Wildman–Crippen MR) is 44.2 cm³/mol. The standard InChI is InChI=1S/C9H8O4/c1-5(10)6-2-7(11)9-8(3-6)12-4-13-9/h2-3,11H,4H2,1H3. The van der Waals surface area contributed by atoms with Gasteiger partial charge in [0.25, 0.3) is 0 Å². The lowest BCUT2D eigenvalue weighted by atomic mass is 10.1. The van der Waals surface area contributed by atoms with E-state index in [1.165, 1.54) is 13.0 Å². The molecule has 0 atom stereocenters. The van der Waals surface area contributed by atoms with Crippen molar-refractivity contribution in [2.45, 2.75) is 6.92 Å². The molecule has 1 aromatic rings. The number of rotatable bonds is 1. The zero-order chi connectivity index (χ0) is 9.42. The first-order chi connectivity index (χ1) is 6.18. The summed E-state index contributed by atoms with van der Waals surface area (Å²) in [7, 11) is 0. The van der Waals surface area contributed by atoms with E-state index >= 15 is 0 Å². The smallest absolute Gasteiger partial charge is 0.231 e. The van der Waals surface area contributed by atoms with Gasteiger partial charge in [-0.15, -0.1) is 0 Å². The third-order valence-corrected chi connectivity index (χ3v) is 1.86. The lowest BCUT2D eigenvalue weighted by molar-refractivity contribution is 0.101. The van der Waals surface area contributed by atoms with Crippen molar-refractivity contribution >= 4 is 5.78 Å². The number of carbonyl (C=O) groups is 1. The molecule has 0 saturated carbocycles. The summed E-state index contributed by atoms with van der Waals surface area (Å²) in [6.07, 6.45) is 0. The molecule has 4 nitrogen and oxygen atoms in total. The van der Waals surface area contributed by atoms with Gasteiger partial charge in [-0.1, -0.05) is 0 Å². The molecule has 13 heavy (non-hydrogen) atoms. The van der Waals surface area contributed by atoms with Crippen LogP contribution in [0.4, 0.5) is 0 Å². The van der Waals surface area contributed by atoms with Gasteiger partial charge in [-0.25, -0.2) is 0 Å². The van der Waals surface area contributed by atoms with Crippen molar-refractivity contribution in [3.63, 3.8) is 0 Å². The van der Waals surface area contributed by atoms with E-state index in [1.807, 2.05) is 0 Å². The maximum atomic E-state index is 11.0. The van der Waals surface area contributed by atoms with Crippen LogP contribution in [0, 0.1) is 0 Å². The van der Waals surface area contributed by atoms with Gasteiger partial charge in [-0.05, 0) is 19.1 Å². The van der Waals surface area contributed by atoms with Crippen LogP contribution in [0.2, 0.25) is 0 Å². The van der Waals surface area contributed by atoms with Crippen molar-refractivity contribution < 1.29 is 19.4 Å². The van der Waals surface area contributed by atoms with Crippen LogP contribution in [0.15, 0.2) is 12.1 Å². The first-order valence-electron chi connectivity index (χ1n) is 3.82. The number of ether oxygens (including phenoxy) is 2. The number of carbonyl (C=O) groups excluding carboxylic acids is 1. The van der Waals surface area contributed by atoms with Crippen LogP contribution in [-0.4, -0.2) is 17.7 Å². The van der Waals surface area contributed by atoms with Gasteiger partial charge in [0.05, 0.1) is 0 Å². The molecule has 0 bridgehead atoms. The van der Waals surface area contributed by atoms with Crippen LogP contribution in [0.25, 0.3) is 0 Å². The second-order valence-corrected chi connectivity index (χ2v) is 2.79. The van der Waals surface area contributed by atoms with E-state index in [9.17, 15) is 9.90 Å². The maximum Gasteiger partial charge on any atom is 0.231 e. The summed E-state index contributed by atoms with van der Waals surface area (Å²) in [6.45, 7) is 1.52. The van der Waals surface area contributed by atoms with Gasteiger partial charge in [0, 0.05) is 5.56 Å². The van der Waals surface area contributed by atoms with E-state index < -0.39 is 0 Å². The number of hydrogen-bond acceptors (Lipinski definition) is 4. The minimum absolute atomic E-state index is 0.0554. The molecule has 0 unspecified atom stereocenters. The van der Waals surface area contributed by atoms with Crippen LogP contribution in [0.5, 0.6) is 17.2 Å². The largest absolute Gasteiger partial charge is 0.504 e. The number of Topliss-reactive ketones (excluding diaryl/α,β-unsaturated/α-hetero) is 1. The van der Waals surface area contributed by atoms with Crippen molar-refractivity contribution in [2.75, 3.05) is 6.79 Å². The van der Waals surface area contributed by atoms with Crippen LogP contribution >= 0.6 is 0 Å². The number of ketones is 1. The molecule has 1 aliphatic heterocycles. The van der Waals surface area contributed by atoms with E-state index in [0.29, 0.717) is 17.1 Å². The van der Waals surface area contributed by atoms with Gasteiger partial charge in [0.2, 0.25) is 12.5 Å². The van der Waals surface area contributed by atoms with E-state index in [4.69, 9.17) is 9.47 Å². The summed E-state index contributed by atoms with van der Waals surface area (Å²) in [5.74, 6) is 0.559. The summed E-state index contributed by atoms with van der Waals surface area (Å²) in [6, 6.07) is 2.93. The summed E-state index contributed by atoms with van der Waals surface area (Å²) < 4.78 is 10.0. The Morgan fingerprint density at radius 3 is 2.92 bits per heavy atom. The third kappa shape index (κ3) is 1.20. The number of benzene rings is 1. The Balaban J connectivity index is 2.55. The Bertz CT molecular complexity index is 370. The molecular formula is C9H8O4. The van der Waals surface area contributed by atoms with Gasteiger partial charge >= 0.3 is 0 Å². The second-order valence-electron chi connectivity index (χ2n) is 2.79. The number of phenols is 1. The Morgan fingerprint density at radius 1 is 1.46 bits per heavy atom. The highest BCUT2D eigenvalue weighted by Crippen LogP contribution is 2.41. The lowest BCUT2D eigenvalue weighted by Gasteiger charge is -2.01. The Morgan fingerprint density at radius 2 is 2.23 bits per heavy atom. The SMILES string of the molecule is CC(=O)c1cc(O)c2c(c1)OCO2. The number of hydrogen-bond donors (Lipinski definition) is 1. The highest BCUT2D eigenvalue weighted by atomic mass is 16.7. The zero-order valence-electron chi connectivity index (χ0n) is 7.03.